The predicted octanol–water partition coefficient (Wildman–Crippen LogP) is 0.813. The van der Waals surface area contributed by atoms with Gasteiger partial charge in [-0.3, -0.25) is 4.79 Å². The molecule has 6 rings (SSSR count). The first-order chi connectivity index (χ1) is 16.3. The average Bonchev–Trinajstić information content (AvgIpc) is 3.52. The minimum Gasteiger partial charge on any atom is -0.370 e. The van der Waals surface area contributed by atoms with E-state index >= 15 is 0 Å². The lowest BCUT2D eigenvalue weighted by atomic mass is 9.97. The zero-order valence-corrected chi connectivity index (χ0v) is 20.1. The molecule has 1 aliphatic carbocycles. The number of nitrogens with one attached hydrogen (secondary N) is 1. The molecule has 0 saturated carbocycles. The standard InChI is InChI=1S/C24H33N5O3S/c30-24(18-5-3-13-32-18)29-9-7-28(8-10-29)22-21-17-4-1-2-6-19(17)33-23(21)26-20(25-22)16-27-11-14-31-15-12-27/h18H,1-16H2/p+1/t18-/m1/s1. The summed E-state index contributed by atoms with van der Waals surface area (Å²) in [5, 5.41) is 1.29. The van der Waals surface area contributed by atoms with Crippen molar-refractivity contribution in [3.63, 3.8) is 0 Å². The molecule has 5 heterocycles. The van der Waals surface area contributed by atoms with Gasteiger partial charge in [-0.15, -0.1) is 11.3 Å². The summed E-state index contributed by atoms with van der Waals surface area (Å²) >= 11 is 1.88. The molecule has 33 heavy (non-hydrogen) atoms. The number of quaternary nitrogens is 1. The summed E-state index contributed by atoms with van der Waals surface area (Å²) in [5.74, 6) is 2.22. The molecule has 9 heteroatoms. The van der Waals surface area contributed by atoms with Gasteiger partial charge in [0.2, 0.25) is 0 Å². The molecule has 8 nitrogen and oxygen atoms in total. The van der Waals surface area contributed by atoms with Crippen molar-refractivity contribution in [1.29, 1.82) is 0 Å². The Balaban J connectivity index is 1.27. The molecule has 1 N–H and O–H groups in total. The topological polar surface area (TPSA) is 72.2 Å². The van der Waals surface area contributed by atoms with Gasteiger partial charge in [-0.25, -0.2) is 9.97 Å². The molecule has 0 aromatic carbocycles. The fraction of sp³-hybridized carbons (Fsp3) is 0.708. The number of hydrogen-bond donors (Lipinski definition) is 1. The number of morpholine rings is 1. The van der Waals surface area contributed by atoms with Crippen molar-refractivity contribution >= 4 is 33.3 Å². The van der Waals surface area contributed by atoms with Gasteiger partial charge >= 0.3 is 0 Å². The maximum atomic E-state index is 12.8. The lowest BCUT2D eigenvalue weighted by Gasteiger charge is -2.37. The number of rotatable bonds is 4. The van der Waals surface area contributed by atoms with Crippen LogP contribution < -0.4 is 9.80 Å². The van der Waals surface area contributed by atoms with E-state index in [0.717, 1.165) is 94.8 Å². The van der Waals surface area contributed by atoms with E-state index in [-0.39, 0.29) is 12.0 Å². The normalized spacial score (nSPS) is 24.4. The Bertz CT molecular complexity index is 1010. The molecular weight excluding hydrogens is 438 g/mol. The van der Waals surface area contributed by atoms with Crippen molar-refractivity contribution in [1.82, 2.24) is 14.9 Å². The van der Waals surface area contributed by atoms with E-state index < -0.39 is 0 Å². The van der Waals surface area contributed by atoms with Gasteiger partial charge in [-0.1, -0.05) is 0 Å². The Morgan fingerprint density at radius 1 is 1.03 bits per heavy atom. The summed E-state index contributed by atoms with van der Waals surface area (Å²) in [6.45, 7) is 8.35. The lowest BCUT2D eigenvalue weighted by Crippen LogP contribution is -3.12. The van der Waals surface area contributed by atoms with Gasteiger partial charge in [-0.05, 0) is 44.1 Å². The predicted molar refractivity (Wildman–Crippen MR) is 127 cm³/mol. The number of ether oxygens (including phenoxy) is 2. The molecule has 2 aromatic heterocycles. The molecule has 3 aliphatic heterocycles. The zero-order valence-electron chi connectivity index (χ0n) is 19.3. The fourth-order valence-electron chi connectivity index (χ4n) is 5.66. The van der Waals surface area contributed by atoms with Crippen LogP contribution in [-0.2, 0) is 33.7 Å². The Hall–Kier alpha value is -1.81. The minimum atomic E-state index is -0.227. The van der Waals surface area contributed by atoms with Crippen LogP contribution in [0.1, 0.15) is 41.9 Å². The molecule has 4 aliphatic rings. The molecule has 178 valence electrons. The van der Waals surface area contributed by atoms with E-state index in [0.29, 0.717) is 6.61 Å². The van der Waals surface area contributed by atoms with Gasteiger partial charge in [0.05, 0.1) is 18.6 Å². The average molecular weight is 473 g/mol. The first-order valence-electron chi connectivity index (χ1n) is 12.6. The molecule has 0 unspecified atom stereocenters. The Labute approximate surface area is 198 Å². The molecule has 0 bridgehead atoms. The van der Waals surface area contributed by atoms with Crippen LogP contribution in [0.2, 0.25) is 0 Å². The van der Waals surface area contributed by atoms with Crippen molar-refractivity contribution in [2.45, 2.75) is 51.2 Å². The van der Waals surface area contributed by atoms with E-state index in [2.05, 4.69) is 4.90 Å². The third-order valence-corrected chi connectivity index (χ3v) is 8.73. The van der Waals surface area contributed by atoms with Gasteiger partial charge in [0, 0.05) is 37.7 Å². The molecule has 0 spiro atoms. The number of hydrogen-bond acceptors (Lipinski definition) is 7. The number of anilines is 1. The van der Waals surface area contributed by atoms with Crippen LogP contribution in [-0.4, -0.2) is 86.0 Å². The van der Waals surface area contributed by atoms with Crippen LogP contribution in [0.3, 0.4) is 0 Å². The second-order valence-corrected chi connectivity index (χ2v) is 10.8. The van der Waals surface area contributed by atoms with E-state index in [4.69, 9.17) is 19.4 Å². The summed E-state index contributed by atoms with van der Waals surface area (Å²) < 4.78 is 11.2. The number of carbonyl (C=O) groups excluding carboxylic acids is 1. The van der Waals surface area contributed by atoms with Gasteiger partial charge in [0.25, 0.3) is 5.91 Å². The van der Waals surface area contributed by atoms with Crippen molar-refractivity contribution in [2.75, 3.05) is 64.0 Å². The third kappa shape index (κ3) is 4.36. The second-order valence-electron chi connectivity index (χ2n) is 9.71. The van der Waals surface area contributed by atoms with E-state index in [1.807, 2.05) is 16.2 Å². The van der Waals surface area contributed by atoms with Crippen LogP contribution in [0.15, 0.2) is 0 Å². The fourth-order valence-corrected chi connectivity index (χ4v) is 6.94. The van der Waals surface area contributed by atoms with Crippen LogP contribution in [0, 0.1) is 0 Å². The van der Waals surface area contributed by atoms with E-state index in [9.17, 15) is 4.79 Å². The Morgan fingerprint density at radius 3 is 2.64 bits per heavy atom. The molecule has 3 saturated heterocycles. The Morgan fingerprint density at radius 2 is 1.85 bits per heavy atom. The summed E-state index contributed by atoms with van der Waals surface area (Å²) in [7, 11) is 0. The third-order valence-electron chi connectivity index (χ3n) is 7.55. The van der Waals surface area contributed by atoms with Gasteiger partial charge in [-0.2, -0.15) is 0 Å². The van der Waals surface area contributed by atoms with Crippen molar-refractivity contribution < 1.29 is 19.2 Å². The smallest absolute Gasteiger partial charge is 0.251 e. The molecular formula is C24H34N5O3S+. The number of nitrogens with zero attached hydrogens (tertiary/aromatic N) is 4. The Kier molecular flexibility index (Phi) is 6.21. The highest BCUT2D eigenvalue weighted by Gasteiger charge is 2.32. The van der Waals surface area contributed by atoms with Crippen LogP contribution in [0.25, 0.3) is 10.2 Å². The van der Waals surface area contributed by atoms with Crippen molar-refractivity contribution in [3.8, 4) is 0 Å². The maximum Gasteiger partial charge on any atom is 0.251 e. The number of amides is 1. The second kappa shape index (κ2) is 9.44. The van der Waals surface area contributed by atoms with Gasteiger partial charge in [0.1, 0.15) is 36.4 Å². The minimum absolute atomic E-state index is 0.171. The summed E-state index contributed by atoms with van der Waals surface area (Å²) in [6, 6.07) is 0. The SMILES string of the molecule is O=C([C@H]1CCCO1)N1CCN(c2nc(C[NH+]3CCOCC3)nc3sc4c(c23)CCCC4)CC1. The molecule has 3 fully saturated rings. The summed E-state index contributed by atoms with van der Waals surface area (Å²) in [4.78, 5) is 31.6. The lowest BCUT2D eigenvalue weighted by molar-refractivity contribution is -0.922. The molecule has 2 aromatic rings. The number of aryl methyl sites for hydroxylation is 2. The first kappa shape index (κ1) is 21.7. The quantitative estimate of drug-likeness (QED) is 0.710. The highest BCUT2D eigenvalue weighted by atomic mass is 32.1. The van der Waals surface area contributed by atoms with E-state index in [1.165, 1.54) is 40.0 Å². The van der Waals surface area contributed by atoms with Crippen LogP contribution >= 0.6 is 11.3 Å². The number of carbonyl (C=O) groups is 1. The highest BCUT2D eigenvalue weighted by Crippen LogP contribution is 2.40. The largest absolute Gasteiger partial charge is 0.370 e. The monoisotopic (exact) mass is 472 g/mol. The van der Waals surface area contributed by atoms with Crippen molar-refractivity contribution in [2.24, 2.45) is 0 Å². The number of piperazine rings is 1. The molecule has 1 atom stereocenters. The zero-order chi connectivity index (χ0) is 22.2. The highest BCUT2D eigenvalue weighted by molar-refractivity contribution is 7.19. The maximum absolute atomic E-state index is 12.8. The summed E-state index contributed by atoms with van der Waals surface area (Å²) in [6.07, 6.45) is 6.46. The summed E-state index contributed by atoms with van der Waals surface area (Å²) in [5.41, 5.74) is 1.49. The van der Waals surface area contributed by atoms with Crippen LogP contribution in [0.4, 0.5) is 5.82 Å². The molecule has 0 radical (unpaired) electrons. The van der Waals surface area contributed by atoms with Crippen LogP contribution in [0.5, 0.6) is 0 Å². The van der Waals surface area contributed by atoms with Crippen molar-refractivity contribution in [3.05, 3.63) is 16.3 Å². The number of aromatic nitrogens is 2. The number of fused-ring (bicyclic) bond motifs is 3. The van der Waals surface area contributed by atoms with Gasteiger partial charge < -0.3 is 24.2 Å². The first-order valence-corrected chi connectivity index (χ1v) is 13.5. The number of thiophene rings is 1. The van der Waals surface area contributed by atoms with Gasteiger partial charge in [0.15, 0.2) is 5.82 Å². The molecule has 1 amide bonds. The van der Waals surface area contributed by atoms with E-state index in [1.54, 1.807) is 0 Å².